The smallest absolute Gasteiger partial charge is 0.315 e. The highest BCUT2D eigenvalue weighted by Crippen LogP contribution is 2.21. The molecule has 0 atom stereocenters. The molecule has 0 fully saturated rings. The first-order valence-electron chi connectivity index (χ1n) is 9.62. The van der Waals surface area contributed by atoms with Gasteiger partial charge in [0.2, 0.25) is 0 Å². The highest BCUT2D eigenvalue weighted by molar-refractivity contribution is 5.94. The highest BCUT2D eigenvalue weighted by Gasteiger charge is 2.16. The van der Waals surface area contributed by atoms with Crippen LogP contribution in [0.5, 0.6) is 0 Å². The van der Waals surface area contributed by atoms with Crippen LogP contribution in [0.3, 0.4) is 0 Å². The third-order valence-corrected chi connectivity index (χ3v) is 4.55. The summed E-state index contributed by atoms with van der Waals surface area (Å²) in [6, 6.07) is 26.5. The number of aryl methyl sites for hydroxylation is 1. The molecule has 5 nitrogen and oxygen atoms in total. The zero-order chi connectivity index (χ0) is 20.5. The zero-order valence-electron chi connectivity index (χ0n) is 16.4. The minimum Gasteiger partial charge on any atom is -0.350 e. The second-order valence-electron chi connectivity index (χ2n) is 6.78. The lowest BCUT2D eigenvalue weighted by Gasteiger charge is -2.20. The molecule has 29 heavy (non-hydrogen) atoms. The molecule has 0 aliphatic rings. The highest BCUT2D eigenvalue weighted by atomic mass is 16.2. The topological polar surface area (TPSA) is 70.2 Å². The molecule has 0 spiro atoms. The molecule has 3 N–H and O–H groups in total. The molecule has 3 amide bonds. The Morgan fingerprint density at radius 1 is 0.724 bits per heavy atom. The van der Waals surface area contributed by atoms with Crippen LogP contribution in [0, 0.1) is 6.92 Å². The van der Waals surface area contributed by atoms with Gasteiger partial charge in [-0.2, -0.15) is 0 Å². The van der Waals surface area contributed by atoms with Crippen LogP contribution < -0.4 is 16.0 Å². The molecule has 0 aliphatic carbocycles. The van der Waals surface area contributed by atoms with Gasteiger partial charge in [0.25, 0.3) is 5.91 Å². The van der Waals surface area contributed by atoms with Gasteiger partial charge in [-0.3, -0.25) is 4.79 Å². The molecule has 3 rings (SSSR count). The van der Waals surface area contributed by atoms with Crippen LogP contribution in [0.4, 0.5) is 4.79 Å². The molecular weight excluding hydrogens is 362 g/mol. The second kappa shape index (κ2) is 10.1. The summed E-state index contributed by atoms with van der Waals surface area (Å²) >= 11 is 0. The lowest BCUT2D eigenvalue weighted by molar-refractivity contribution is 0.0954. The SMILES string of the molecule is Cc1ccc(C(=O)NCCNC(=O)NC(c2ccccc2)c2ccccc2)cc1. The Balaban J connectivity index is 1.51. The molecule has 0 radical (unpaired) electrons. The zero-order valence-corrected chi connectivity index (χ0v) is 16.4. The minimum absolute atomic E-state index is 0.154. The van der Waals surface area contributed by atoms with Gasteiger partial charge in [-0.15, -0.1) is 0 Å². The van der Waals surface area contributed by atoms with Gasteiger partial charge in [-0.05, 0) is 30.2 Å². The Labute approximate surface area is 171 Å². The second-order valence-corrected chi connectivity index (χ2v) is 6.78. The molecule has 3 aromatic rings. The van der Waals surface area contributed by atoms with Gasteiger partial charge in [-0.1, -0.05) is 78.4 Å². The van der Waals surface area contributed by atoms with Crippen molar-refractivity contribution in [2.24, 2.45) is 0 Å². The molecule has 0 bridgehead atoms. The van der Waals surface area contributed by atoms with E-state index in [1.807, 2.05) is 79.7 Å². The van der Waals surface area contributed by atoms with E-state index in [1.54, 1.807) is 12.1 Å². The van der Waals surface area contributed by atoms with E-state index in [-0.39, 0.29) is 18.0 Å². The molecule has 5 heteroatoms. The van der Waals surface area contributed by atoms with E-state index < -0.39 is 0 Å². The van der Waals surface area contributed by atoms with Gasteiger partial charge < -0.3 is 16.0 Å². The van der Waals surface area contributed by atoms with E-state index >= 15 is 0 Å². The maximum Gasteiger partial charge on any atom is 0.315 e. The van der Waals surface area contributed by atoms with Gasteiger partial charge in [0.1, 0.15) is 0 Å². The number of nitrogens with one attached hydrogen (secondary N) is 3. The standard InChI is InChI=1S/C24H25N3O2/c1-18-12-14-21(15-13-18)23(28)25-16-17-26-24(29)27-22(19-8-4-2-5-9-19)20-10-6-3-7-11-20/h2-15,22H,16-17H2,1H3,(H,25,28)(H2,26,27,29). The van der Waals surface area contributed by atoms with E-state index in [0.29, 0.717) is 18.7 Å². The van der Waals surface area contributed by atoms with Crippen molar-refractivity contribution in [1.82, 2.24) is 16.0 Å². The average Bonchev–Trinajstić information content (AvgIpc) is 2.76. The largest absolute Gasteiger partial charge is 0.350 e. The first-order chi connectivity index (χ1) is 14.1. The summed E-state index contributed by atoms with van der Waals surface area (Å²) in [5.74, 6) is -0.154. The van der Waals surface area contributed by atoms with Crippen molar-refractivity contribution < 1.29 is 9.59 Å². The van der Waals surface area contributed by atoms with Crippen LogP contribution in [-0.4, -0.2) is 25.0 Å². The average molecular weight is 387 g/mol. The summed E-state index contributed by atoms with van der Waals surface area (Å²) in [5, 5.41) is 8.63. The molecule has 0 aliphatic heterocycles. The van der Waals surface area contributed by atoms with Gasteiger partial charge in [-0.25, -0.2) is 4.79 Å². The maximum absolute atomic E-state index is 12.4. The molecule has 0 heterocycles. The number of carbonyl (C=O) groups excluding carboxylic acids is 2. The van der Waals surface area contributed by atoms with E-state index in [2.05, 4.69) is 16.0 Å². The van der Waals surface area contributed by atoms with Gasteiger partial charge in [0.15, 0.2) is 0 Å². The predicted octanol–water partition coefficient (Wildman–Crippen LogP) is 3.81. The summed E-state index contributed by atoms with van der Waals surface area (Å²) < 4.78 is 0. The van der Waals surface area contributed by atoms with Crippen molar-refractivity contribution in [2.75, 3.05) is 13.1 Å². The van der Waals surface area contributed by atoms with Crippen molar-refractivity contribution in [3.63, 3.8) is 0 Å². The number of hydrogen-bond acceptors (Lipinski definition) is 2. The summed E-state index contributed by atoms with van der Waals surface area (Å²) in [6.45, 7) is 2.66. The van der Waals surface area contributed by atoms with Crippen LogP contribution in [-0.2, 0) is 0 Å². The summed E-state index contributed by atoms with van der Waals surface area (Å²) in [6.07, 6.45) is 0. The molecule has 148 valence electrons. The number of urea groups is 1. The normalized spacial score (nSPS) is 10.4. The van der Waals surface area contributed by atoms with Gasteiger partial charge >= 0.3 is 6.03 Å². The predicted molar refractivity (Wildman–Crippen MR) is 115 cm³/mol. The molecule has 0 saturated heterocycles. The van der Waals surface area contributed by atoms with Crippen molar-refractivity contribution in [1.29, 1.82) is 0 Å². The third-order valence-electron chi connectivity index (χ3n) is 4.55. The van der Waals surface area contributed by atoms with Crippen molar-refractivity contribution in [3.05, 3.63) is 107 Å². The Kier molecular flexibility index (Phi) is 7.00. The molecule has 0 unspecified atom stereocenters. The van der Waals surface area contributed by atoms with Crippen LogP contribution in [0.15, 0.2) is 84.9 Å². The Morgan fingerprint density at radius 3 is 1.79 bits per heavy atom. The van der Waals surface area contributed by atoms with Crippen molar-refractivity contribution in [3.8, 4) is 0 Å². The number of hydrogen-bond donors (Lipinski definition) is 3. The quantitative estimate of drug-likeness (QED) is 0.540. The summed E-state index contributed by atoms with van der Waals surface area (Å²) in [7, 11) is 0. The van der Waals surface area contributed by atoms with Gasteiger partial charge in [0, 0.05) is 18.7 Å². The lowest BCUT2D eigenvalue weighted by Crippen LogP contribution is -2.42. The summed E-state index contributed by atoms with van der Waals surface area (Å²) in [4.78, 5) is 24.5. The molecular formula is C24H25N3O2. The number of benzene rings is 3. The Bertz CT molecular complexity index is 886. The van der Waals surface area contributed by atoms with Crippen LogP contribution in [0.2, 0.25) is 0 Å². The van der Waals surface area contributed by atoms with Crippen LogP contribution in [0.1, 0.15) is 33.1 Å². The van der Waals surface area contributed by atoms with E-state index in [9.17, 15) is 9.59 Å². The maximum atomic E-state index is 12.4. The minimum atomic E-state index is -0.285. The monoisotopic (exact) mass is 387 g/mol. The number of amides is 3. The first kappa shape index (κ1) is 20.1. The van der Waals surface area contributed by atoms with Crippen molar-refractivity contribution in [2.45, 2.75) is 13.0 Å². The molecule has 0 aromatic heterocycles. The van der Waals surface area contributed by atoms with E-state index in [1.165, 1.54) is 0 Å². The fraction of sp³-hybridized carbons (Fsp3) is 0.167. The molecule has 3 aromatic carbocycles. The Morgan fingerprint density at radius 2 is 1.24 bits per heavy atom. The summed E-state index contributed by atoms with van der Waals surface area (Å²) in [5.41, 5.74) is 3.71. The van der Waals surface area contributed by atoms with Crippen LogP contribution >= 0.6 is 0 Å². The van der Waals surface area contributed by atoms with Gasteiger partial charge in [0.05, 0.1) is 6.04 Å². The Hall–Kier alpha value is -3.60. The van der Waals surface area contributed by atoms with E-state index in [0.717, 1.165) is 16.7 Å². The molecule has 0 saturated carbocycles. The first-order valence-corrected chi connectivity index (χ1v) is 9.62. The fourth-order valence-corrected chi connectivity index (χ4v) is 2.99. The van der Waals surface area contributed by atoms with Crippen LogP contribution in [0.25, 0.3) is 0 Å². The van der Waals surface area contributed by atoms with Crippen molar-refractivity contribution >= 4 is 11.9 Å². The number of carbonyl (C=O) groups is 2. The third kappa shape index (κ3) is 5.94. The number of rotatable bonds is 7. The van der Waals surface area contributed by atoms with E-state index in [4.69, 9.17) is 0 Å². The lowest BCUT2D eigenvalue weighted by atomic mass is 9.99. The fourth-order valence-electron chi connectivity index (χ4n) is 2.99.